The molecular formula is C21H23O5+. The summed E-state index contributed by atoms with van der Waals surface area (Å²) in [7, 11) is 4.73. The van der Waals surface area contributed by atoms with Crippen LogP contribution in [0, 0.1) is 6.92 Å². The molecule has 1 heterocycles. The van der Waals surface area contributed by atoms with Gasteiger partial charge in [-0.25, -0.2) is 4.42 Å². The molecule has 0 amide bonds. The van der Waals surface area contributed by atoms with Crippen molar-refractivity contribution in [2.45, 2.75) is 20.3 Å². The average Bonchev–Trinajstić information content (AvgIpc) is 2.66. The molecule has 0 saturated heterocycles. The van der Waals surface area contributed by atoms with Crippen molar-refractivity contribution in [3.8, 4) is 34.3 Å². The van der Waals surface area contributed by atoms with Gasteiger partial charge in [-0.15, -0.1) is 0 Å². The standard InChI is InChI=1S/C21H22O5/c1-6-14-12(2)26-21(13-7-8-18(23-3)20(9-13)25-5)16-11-19(24-4)17(22)10-15(14)16/h7-11H,6H2,1-5H3/p+1. The van der Waals surface area contributed by atoms with Crippen LogP contribution < -0.4 is 14.2 Å². The van der Waals surface area contributed by atoms with Gasteiger partial charge in [-0.1, -0.05) is 6.92 Å². The normalized spacial score (nSPS) is 10.8. The third kappa shape index (κ3) is 2.90. The number of benzene rings is 2. The van der Waals surface area contributed by atoms with E-state index in [0.717, 1.165) is 34.1 Å². The molecule has 1 N–H and O–H groups in total. The van der Waals surface area contributed by atoms with E-state index in [1.807, 2.05) is 25.1 Å². The van der Waals surface area contributed by atoms with E-state index in [1.54, 1.807) is 26.4 Å². The fourth-order valence-electron chi connectivity index (χ4n) is 3.26. The number of aromatic hydroxyl groups is 1. The lowest BCUT2D eigenvalue weighted by atomic mass is 9.98. The highest BCUT2D eigenvalue weighted by Crippen LogP contribution is 2.41. The maximum atomic E-state index is 10.2. The second kappa shape index (κ2) is 7.12. The van der Waals surface area contributed by atoms with Crippen molar-refractivity contribution in [1.29, 1.82) is 0 Å². The Bertz CT molecular complexity index is 963. The highest BCUT2D eigenvalue weighted by Gasteiger charge is 2.26. The number of phenols is 1. The van der Waals surface area contributed by atoms with E-state index < -0.39 is 0 Å². The highest BCUT2D eigenvalue weighted by molar-refractivity contribution is 5.98. The van der Waals surface area contributed by atoms with Crippen LogP contribution in [-0.2, 0) is 6.42 Å². The van der Waals surface area contributed by atoms with E-state index >= 15 is 0 Å². The molecule has 3 rings (SSSR count). The third-order valence-corrected chi connectivity index (χ3v) is 4.57. The minimum absolute atomic E-state index is 0.110. The molecule has 0 spiro atoms. The molecule has 5 nitrogen and oxygen atoms in total. The number of aryl methyl sites for hydroxylation is 2. The van der Waals surface area contributed by atoms with E-state index in [2.05, 4.69) is 6.92 Å². The lowest BCUT2D eigenvalue weighted by Gasteiger charge is -2.10. The second-order valence-corrected chi connectivity index (χ2v) is 5.96. The van der Waals surface area contributed by atoms with Gasteiger partial charge in [0.15, 0.2) is 23.0 Å². The molecule has 0 unspecified atom stereocenters. The molecule has 0 aliphatic rings. The Hall–Kier alpha value is -2.95. The van der Waals surface area contributed by atoms with Crippen LogP contribution in [-0.4, -0.2) is 26.4 Å². The Morgan fingerprint density at radius 1 is 0.885 bits per heavy atom. The first-order valence-corrected chi connectivity index (χ1v) is 8.42. The Labute approximate surface area is 152 Å². The van der Waals surface area contributed by atoms with Gasteiger partial charge in [0.1, 0.15) is 0 Å². The summed E-state index contributed by atoms with van der Waals surface area (Å²) in [6.07, 6.45) is 0.795. The molecule has 0 radical (unpaired) electrons. The van der Waals surface area contributed by atoms with Crippen LogP contribution in [0.3, 0.4) is 0 Å². The average molecular weight is 355 g/mol. The first-order chi connectivity index (χ1) is 12.5. The number of fused-ring (bicyclic) bond motifs is 1. The summed E-state index contributed by atoms with van der Waals surface area (Å²) in [4.78, 5) is 0. The van der Waals surface area contributed by atoms with Crippen molar-refractivity contribution < 1.29 is 23.7 Å². The first kappa shape index (κ1) is 17.9. The molecule has 0 aliphatic carbocycles. The van der Waals surface area contributed by atoms with Crippen molar-refractivity contribution in [2.75, 3.05) is 21.3 Å². The van der Waals surface area contributed by atoms with Crippen LogP contribution in [0.5, 0.6) is 23.0 Å². The summed E-state index contributed by atoms with van der Waals surface area (Å²) in [6.45, 7) is 4.00. The van der Waals surface area contributed by atoms with Crippen LogP contribution in [0.4, 0.5) is 0 Å². The topological polar surface area (TPSA) is 59.2 Å². The van der Waals surface area contributed by atoms with Crippen molar-refractivity contribution in [2.24, 2.45) is 0 Å². The number of ether oxygens (including phenoxy) is 3. The molecule has 0 saturated carbocycles. The molecule has 0 aliphatic heterocycles. The zero-order chi connectivity index (χ0) is 18.8. The third-order valence-electron chi connectivity index (χ3n) is 4.57. The van der Waals surface area contributed by atoms with Gasteiger partial charge < -0.3 is 19.3 Å². The van der Waals surface area contributed by atoms with E-state index in [4.69, 9.17) is 18.6 Å². The molecule has 26 heavy (non-hydrogen) atoms. The summed E-state index contributed by atoms with van der Waals surface area (Å²) in [6, 6.07) is 9.18. The zero-order valence-electron chi connectivity index (χ0n) is 15.7. The summed E-state index contributed by atoms with van der Waals surface area (Å²) >= 11 is 0. The number of rotatable bonds is 5. The molecule has 0 atom stereocenters. The van der Waals surface area contributed by atoms with Gasteiger partial charge >= 0.3 is 11.5 Å². The van der Waals surface area contributed by atoms with E-state index in [-0.39, 0.29) is 5.75 Å². The summed E-state index contributed by atoms with van der Waals surface area (Å²) in [5.41, 5.74) is 1.91. The van der Waals surface area contributed by atoms with Crippen molar-refractivity contribution >= 4 is 10.8 Å². The van der Waals surface area contributed by atoms with E-state index in [1.165, 1.54) is 7.11 Å². The van der Waals surface area contributed by atoms with Crippen LogP contribution >= 0.6 is 0 Å². The predicted octanol–water partition coefficient (Wildman–Crippen LogP) is 4.98. The van der Waals surface area contributed by atoms with Gasteiger partial charge in [0.2, 0.25) is 0 Å². The minimum atomic E-state index is 0.110. The molecular weight excluding hydrogens is 332 g/mol. The van der Waals surface area contributed by atoms with Crippen LogP contribution in [0.15, 0.2) is 34.7 Å². The summed E-state index contributed by atoms with van der Waals surface area (Å²) in [5.74, 6) is 3.29. The van der Waals surface area contributed by atoms with Gasteiger partial charge in [0.25, 0.3) is 0 Å². The Morgan fingerprint density at radius 2 is 1.58 bits per heavy atom. The Kier molecular flexibility index (Phi) is 4.89. The highest BCUT2D eigenvalue weighted by atomic mass is 16.5. The number of methoxy groups -OCH3 is 3. The zero-order valence-corrected chi connectivity index (χ0v) is 15.7. The molecule has 1 aromatic heterocycles. The van der Waals surface area contributed by atoms with E-state index in [9.17, 15) is 5.11 Å². The maximum Gasteiger partial charge on any atom is 0.368 e. The maximum absolute atomic E-state index is 10.2. The summed E-state index contributed by atoms with van der Waals surface area (Å²) in [5, 5.41) is 12.1. The van der Waals surface area contributed by atoms with Crippen LogP contribution in [0.2, 0.25) is 0 Å². The molecule has 0 fully saturated rings. The number of phenolic OH excluding ortho intramolecular Hbond substituents is 1. The van der Waals surface area contributed by atoms with Crippen molar-refractivity contribution in [3.63, 3.8) is 0 Å². The molecule has 2 aromatic carbocycles. The van der Waals surface area contributed by atoms with Gasteiger partial charge in [-0.05, 0) is 24.6 Å². The van der Waals surface area contributed by atoms with Crippen molar-refractivity contribution in [1.82, 2.24) is 0 Å². The minimum Gasteiger partial charge on any atom is -0.504 e. The van der Waals surface area contributed by atoms with Gasteiger partial charge in [-0.2, -0.15) is 0 Å². The molecule has 5 heteroatoms. The number of hydrogen-bond donors (Lipinski definition) is 1. The van der Waals surface area contributed by atoms with E-state index in [0.29, 0.717) is 23.0 Å². The number of hydrogen-bond acceptors (Lipinski definition) is 4. The van der Waals surface area contributed by atoms with Gasteiger partial charge in [-0.3, -0.25) is 0 Å². The van der Waals surface area contributed by atoms with Crippen LogP contribution in [0.1, 0.15) is 18.2 Å². The Balaban J connectivity index is 2.35. The fourth-order valence-corrected chi connectivity index (χ4v) is 3.26. The lowest BCUT2D eigenvalue weighted by Crippen LogP contribution is -1.95. The lowest BCUT2D eigenvalue weighted by molar-refractivity contribution is 0.355. The SMILES string of the molecule is CCc1c(C)[o+]c(-c2ccc(OC)c(OC)c2)c2cc(OC)c(O)cc12. The first-order valence-electron chi connectivity index (χ1n) is 8.42. The monoisotopic (exact) mass is 355 g/mol. The Morgan fingerprint density at radius 3 is 2.19 bits per heavy atom. The molecule has 0 bridgehead atoms. The van der Waals surface area contributed by atoms with Crippen molar-refractivity contribution in [3.05, 3.63) is 41.7 Å². The predicted molar refractivity (Wildman–Crippen MR) is 101 cm³/mol. The largest absolute Gasteiger partial charge is 0.504 e. The van der Waals surface area contributed by atoms with Gasteiger partial charge in [0.05, 0.1) is 44.8 Å². The summed E-state index contributed by atoms with van der Waals surface area (Å²) < 4.78 is 22.2. The van der Waals surface area contributed by atoms with Gasteiger partial charge in [0, 0.05) is 17.5 Å². The second-order valence-electron chi connectivity index (χ2n) is 5.96. The quantitative estimate of drug-likeness (QED) is 0.654. The van der Waals surface area contributed by atoms with Crippen LogP contribution in [0.25, 0.3) is 22.1 Å². The smallest absolute Gasteiger partial charge is 0.368 e. The molecule has 3 aromatic rings. The fraction of sp³-hybridized carbons (Fsp3) is 0.286. The molecule has 136 valence electrons.